The van der Waals surface area contributed by atoms with E-state index in [1.54, 1.807) is 5.57 Å². The zero-order valence-electron chi connectivity index (χ0n) is 20.3. The molecule has 2 saturated carbocycles. The lowest BCUT2D eigenvalue weighted by Gasteiger charge is -2.55. The number of hydrogen-bond donors (Lipinski definition) is 1. The van der Waals surface area contributed by atoms with Gasteiger partial charge < -0.3 is 14.8 Å². The molecule has 0 radical (unpaired) electrons. The first-order valence-corrected chi connectivity index (χ1v) is 12.7. The monoisotopic (exact) mass is 447 g/mol. The van der Waals surface area contributed by atoms with Crippen molar-refractivity contribution in [2.45, 2.75) is 76.2 Å². The molecule has 0 aliphatic heterocycles. The Balaban J connectivity index is 1.63. The highest BCUT2D eigenvalue weighted by Gasteiger charge is 2.62. The third-order valence-corrected chi connectivity index (χ3v) is 9.54. The van der Waals surface area contributed by atoms with Crippen molar-refractivity contribution in [3.63, 3.8) is 0 Å². The van der Waals surface area contributed by atoms with Crippen LogP contribution in [0.2, 0.25) is 0 Å². The summed E-state index contributed by atoms with van der Waals surface area (Å²) in [6, 6.07) is 8.92. The highest BCUT2D eigenvalue weighted by atomic mass is 16.3. The van der Waals surface area contributed by atoms with Gasteiger partial charge in [-0.1, -0.05) is 24.6 Å². The van der Waals surface area contributed by atoms with Crippen molar-refractivity contribution in [2.75, 3.05) is 19.0 Å². The van der Waals surface area contributed by atoms with Crippen LogP contribution < -0.4 is 4.90 Å². The van der Waals surface area contributed by atoms with Crippen LogP contribution >= 0.6 is 0 Å². The fraction of sp³-hybridized carbons (Fsp3) is 0.586. The Hall–Kier alpha value is -2.20. The molecule has 1 aromatic carbocycles. The summed E-state index contributed by atoms with van der Waals surface area (Å²) in [7, 11) is 4.12. The van der Waals surface area contributed by atoms with Crippen molar-refractivity contribution >= 4 is 17.8 Å². The summed E-state index contributed by atoms with van der Waals surface area (Å²) in [5, 5.41) is 11.9. The number of allylic oxidation sites excluding steroid dienone is 4. The summed E-state index contributed by atoms with van der Waals surface area (Å²) < 4.78 is 0. The molecule has 4 aliphatic carbocycles. The number of ketones is 1. The van der Waals surface area contributed by atoms with E-state index in [1.807, 2.05) is 6.08 Å². The number of carbonyl (C=O) groups is 2. The first-order valence-electron chi connectivity index (χ1n) is 12.7. The molecule has 0 bridgehead atoms. The van der Waals surface area contributed by atoms with Crippen LogP contribution in [0.1, 0.15) is 76.2 Å². The zero-order valence-corrected chi connectivity index (χ0v) is 20.3. The van der Waals surface area contributed by atoms with E-state index in [0.29, 0.717) is 31.1 Å². The average Bonchev–Trinajstić information content (AvgIpc) is 3.07. The topological polar surface area (TPSA) is 57.6 Å². The standard InChI is InChI=1S/C29H37NO3/c1-28-18-25(19-5-8-21(9-6-19)30(2)3)27-23-12-10-22(32)17-20(23)7-11-24(27)26(28)13-15-29(28,33)14-4-16-31/h5-6,8-9,16-17,24-26,33H,4,7,10-15,18H2,1-3H3/t24-,25+,26+,28-,29+/m0/s1. The largest absolute Gasteiger partial charge is 0.389 e. The number of aliphatic hydroxyl groups is 1. The second kappa shape index (κ2) is 8.23. The van der Waals surface area contributed by atoms with Crippen LogP contribution in [-0.4, -0.2) is 36.9 Å². The first-order chi connectivity index (χ1) is 15.8. The van der Waals surface area contributed by atoms with Gasteiger partial charge in [0.25, 0.3) is 0 Å². The first kappa shape index (κ1) is 22.6. The molecule has 176 valence electrons. The summed E-state index contributed by atoms with van der Waals surface area (Å²) in [5.41, 5.74) is 5.78. The van der Waals surface area contributed by atoms with Crippen LogP contribution in [0.3, 0.4) is 0 Å². The molecular formula is C29H37NO3. The van der Waals surface area contributed by atoms with Crippen LogP contribution in [0, 0.1) is 17.3 Å². The quantitative estimate of drug-likeness (QED) is 0.617. The fourth-order valence-electron chi connectivity index (χ4n) is 7.77. The summed E-state index contributed by atoms with van der Waals surface area (Å²) in [6.07, 6.45) is 10.1. The molecule has 5 rings (SSSR count). The maximum atomic E-state index is 12.2. The van der Waals surface area contributed by atoms with Crippen LogP contribution in [-0.2, 0) is 9.59 Å². The van der Waals surface area contributed by atoms with Gasteiger partial charge in [0.1, 0.15) is 6.29 Å². The second-order valence-electron chi connectivity index (χ2n) is 11.3. The van der Waals surface area contributed by atoms with Gasteiger partial charge in [0.15, 0.2) is 5.78 Å². The molecule has 2 fully saturated rings. The number of fused-ring (bicyclic) bond motifs is 4. The van der Waals surface area contributed by atoms with Crippen LogP contribution in [0.15, 0.2) is 47.1 Å². The van der Waals surface area contributed by atoms with Crippen LogP contribution in [0.25, 0.3) is 0 Å². The van der Waals surface area contributed by atoms with Crippen molar-refractivity contribution in [1.82, 2.24) is 0 Å². The average molecular weight is 448 g/mol. The van der Waals surface area contributed by atoms with Gasteiger partial charge in [-0.25, -0.2) is 0 Å². The number of aldehydes is 1. The Kier molecular flexibility index (Phi) is 5.63. The van der Waals surface area contributed by atoms with Crippen molar-refractivity contribution in [3.05, 3.63) is 52.6 Å². The summed E-state index contributed by atoms with van der Waals surface area (Å²) in [4.78, 5) is 25.5. The highest BCUT2D eigenvalue weighted by molar-refractivity contribution is 5.93. The Bertz CT molecular complexity index is 1020. The zero-order chi connectivity index (χ0) is 23.4. The van der Waals surface area contributed by atoms with E-state index in [0.717, 1.165) is 44.8 Å². The normalized spacial score (nSPS) is 35.5. The maximum Gasteiger partial charge on any atom is 0.156 e. The van der Waals surface area contributed by atoms with Gasteiger partial charge in [0, 0.05) is 44.0 Å². The molecule has 0 spiro atoms. The van der Waals surface area contributed by atoms with Crippen LogP contribution in [0.5, 0.6) is 0 Å². The summed E-state index contributed by atoms with van der Waals surface area (Å²) in [6.45, 7) is 2.30. The minimum atomic E-state index is -0.782. The third kappa shape index (κ3) is 3.53. The van der Waals surface area contributed by atoms with Gasteiger partial charge in [-0.3, -0.25) is 4.79 Å². The van der Waals surface area contributed by atoms with Crippen LogP contribution in [0.4, 0.5) is 5.69 Å². The van der Waals surface area contributed by atoms with Crippen molar-refractivity contribution in [2.24, 2.45) is 17.3 Å². The molecule has 1 N–H and O–H groups in total. The highest BCUT2D eigenvalue weighted by Crippen LogP contribution is 2.67. The van der Waals surface area contributed by atoms with Gasteiger partial charge >= 0.3 is 0 Å². The number of rotatable bonds is 5. The van der Waals surface area contributed by atoms with E-state index < -0.39 is 5.60 Å². The lowest BCUT2D eigenvalue weighted by molar-refractivity contribution is -0.116. The summed E-state index contributed by atoms with van der Waals surface area (Å²) in [5.74, 6) is 1.41. The fourth-order valence-corrected chi connectivity index (χ4v) is 7.77. The van der Waals surface area contributed by atoms with Crippen molar-refractivity contribution in [3.8, 4) is 0 Å². The molecule has 0 unspecified atom stereocenters. The Morgan fingerprint density at radius 3 is 2.58 bits per heavy atom. The number of anilines is 1. The molecule has 1 aromatic rings. The molecule has 0 heterocycles. The molecule has 0 saturated heterocycles. The minimum Gasteiger partial charge on any atom is -0.389 e. The molecule has 0 amide bonds. The maximum absolute atomic E-state index is 12.2. The summed E-state index contributed by atoms with van der Waals surface area (Å²) >= 11 is 0. The molecule has 5 atom stereocenters. The lowest BCUT2D eigenvalue weighted by Crippen LogP contribution is -2.51. The van der Waals surface area contributed by atoms with E-state index in [1.165, 1.54) is 22.4 Å². The molecule has 4 aliphatic rings. The van der Waals surface area contributed by atoms with E-state index >= 15 is 0 Å². The lowest BCUT2D eigenvalue weighted by atomic mass is 9.51. The molecule has 0 aromatic heterocycles. The van der Waals surface area contributed by atoms with Gasteiger partial charge in [0.2, 0.25) is 0 Å². The number of nitrogens with zero attached hydrogens (tertiary/aromatic N) is 1. The third-order valence-electron chi connectivity index (χ3n) is 9.54. The second-order valence-corrected chi connectivity index (χ2v) is 11.3. The smallest absolute Gasteiger partial charge is 0.156 e. The predicted octanol–water partition coefficient (Wildman–Crippen LogP) is 5.36. The Morgan fingerprint density at radius 1 is 1.12 bits per heavy atom. The number of benzene rings is 1. The minimum absolute atomic E-state index is 0.207. The Labute approximate surface area is 197 Å². The molecule has 4 heteroatoms. The molecule has 33 heavy (non-hydrogen) atoms. The van der Waals surface area contributed by atoms with E-state index in [4.69, 9.17) is 0 Å². The molecular weight excluding hydrogens is 410 g/mol. The van der Waals surface area contributed by atoms with Gasteiger partial charge in [-0.05, 0) is 91.7 Å². The van der Waals surface area contributed by atoms with Gasteiger partial charge in [-0.2, -0.15) is 0 Å². The number of hydrogen-bond acceptors (Lipinski definition) is 4. The van der Waals surface area contributed by atoms with E-state index in [9.17, 15) is 14.7 Å². The number of carbonyl (C=O) groups excluding carboxylic acids is 2. The van der Waals surface area contributed by atoms with Gasteiger partial charge in [0.05, 0.1) is 5.60 Å². The van der Waals surface area contributed by atoms with Crippen molar-refractivity contribution < 1.29 is 14.7 Å². The van der Waals surface area contributed by atoms with Crippen molar-refractivity contribution in [1.29, 1.82) is 0 Å². The van der Waals surface area contributed by atoms with E-state index in [-0.39, 0.29) is 17.1 Å². The Morgan fingerprint density at radius 2 is 1.88 bits per heavy atom. The predicted molar refractivity (Wildman–Crippen MR) is 131 cm³/mol. The SMILES string of the molecule is CN(C)c1ccc([C@H]2C[C@@]3(C)[C@H](CC[C@]3(O)CCC=O)[C@@H]3CCC4=CC(=O)CCC4=C32)cc1. The molecule has 4 nitrogen and oxygen atoms in total. The van der Waals surface area contributed by atoms with E-state index in [2.05, 4.69) is 50.2 Å². The van der Waals surface area contributed by atoms with Gasteiger partial charge in [-0.15, -0.1) is 0 Å².